The van der Waals surface area contributed by atoms with E-state index in [1.54, 1.807) is 6.26 Å². The highest BCUT2D eigenvalue weighted by molar-refractivity contribution is 7.99. The van der Waals surface area contributed by atoms with Crippen LogP contribution in [-0.4, -0.2) is 6.21 Å². The van der Waals surface area contributed by atoms with Gasteiger partial charge in [0.15, 0.2) is 0 Å². The molecule has 0 radical (unpaired) electrons. The van der Waals surface area contributed by atoms with Crippen LogP contribution >= 0.6 is 12.0 Å². The molecule has 0 aromatic rings. The predicted octanol–water partition coefficient (Wildman–Crippen LogP) is 3.06. The topological polar surface area (TPSA) is 21.6 Å². The molecule has 0 aliphatic carbocycles. The Balaban J connectivity index is 2.44. The molecule has 2 heterocycles. The maximum atomic E-state index is 5.12. The van der Waals surface area contributed by atoms with Gasteiger partial charge in [-0.05, 0) is 11.6 Å². The van der Waals surface area contributed by atoms with Crippen molar-refractivity contribution < 1.29 is 4.18 Å². The van der Waals surface area contributed by atoms with Gasteiger partial charge >= 0.3 is 0 Å². The van der Waals surface area contributed by atoms with Crippen LogP contribution in [0.5, 0.6) is 0 Å². The smallest absolute Gasteiger partial charge is 0.102 e. The predicted molar refractivity (Wildman–Crippen MR) is 56.3 cm³/mol. The number of nitrogens with zero attached hydrogens (tertiary/aromatic N) is 1. The summed E-state index contributed by atoms with van der Waals surface area (Å²) in [4.78, 5) is 5.31. The molecule has 2 nitrogen and oxygen atoms in total. The number of hydrogen-bond acceptors (Lipinski definition) is 3. The minimum atomic E-state index is 0.0236. The summed E-state index contributed by atoms with van der Waals surface area (Å²) in [5, 5.41) is 0. The van der Waals surface area contributed by atoms with Gasteiger partial charge in [0.2, 0.25) is 0 Å². The van der Waals surface area contributed by atoms with Gasteiger partial charge in [0.25, 0.3) is 0 Å². The van der Waals surface area contributed by atoms with E-state index in [0.29, 0.717) is 0 Å². The molecule has 2 aliphatic heterocycles. The van der Waals surface area contributed by atoms with E-state index >= 15 is 0 Å². The van der Waals surface area contributed by atoms with E-state index in [4.69, 9.17) is 4.18 Å². The quantitative estimate of drug-likeness (QED) is 0.551. The first-order chi connectivity index (χ1) is 6.17. The fraction of sp³-hybridized carbons (Fsp3) is 0.300. The lowest BCUT2D eigenvalue weighted by Crippen LogP contribution is -2.09. The largest absolute Gasteiger partial charge is 0.428 e. The third-order valence-corrected chi connectivity index (χ3v) is 2.58. The Hall–Kier alpha value is -0.960. The van der Waals surface area contributed by atoms with Gasteiger partial charge < -0.3 is 4.18 Å². The van der Waals surface area contributed by atoms with Gasteiger partial charge in [-0.3, -0.25) is 4.99 Å². The maximum absolute atomic E-state index is 5.12. The van der Waals surface area contributed by atoms with Crippen LogP contribution in [0.25, 0.3) is 0 Å². The summed E-state index contributed by atoms with van der Waals surface area (Å²) < 4.78 is 5.12. The van der Waals surface area contributed by atoms with Crippen molar-refractivity contribution in [3.05, 3.63) is 35.1 Å². The fourth-order valence-electron chi connectivity index (χ4n) is 1.26. The summed E-state index contributed by atoms with van der Waals surface area (Å²) in [6, 6.07) is 0. The van der Waals surface area contributed by atoms with Gasteiger partial charge in [-0.2, -0.15) is 0 Å². The average molecular weight is 193 g/mol. The van der Waals surface area contributed by atoms with Crippen molar-refractivity contribution in [3.63, 3.8) is 0 Å². The van der Waals surface area contributed by atoms with E-state index in [9.17, 15) is 0 Å². The summed E-state index contributed by atoms with van der Waals surface area (Å²) in [5.41, 5.74) is 1.22. The van der Waals surface area contributed by atoms with Gasteiger partial charge in [-0.1, -0.05) is 19.9 Å². The Bertz CT molecular complexity index is 337. The summed E-state index contributed by atoms with van der Waals surface area (Å²) in [6.45, 7) is 4.27. The number of allylic oxidation sites excluding steroid dienone is 3. The Morgan fingerprint density at radius 2 is 2.31 bits per heavy atom. The summed E-state index contributed by atoms with van der Waals surface area (Å²) in [7, 11) is 0. The minimum Gasteiger partial charge on any atom is -0.428 e. The molecule has 2 aliphatic rings. The van der Waals surface area contributed by atoms with Crippen LogP contribution in [0.15, 0.2) is 40.1 Å². The Kier molecular flexibility index (Phi) is 2.04. The molecule has 0 saturated heterocycles. The third-order valence-electron chi connectivity index (χ3n) is 1.85. The highest BCUT2D eigenvalue weighted by Crippen LogP contribution is 2.34. The van der Waals surface area contributed by atoms with Gasteiger partial charge in [0, 0.05) is 17.8 Å². The first kappa shape index (κ1) is 8.63. The molecule has 0 aromatic carbocycles. The molecule has 0 saturated carbocycles. The number of rotatable bonds is 0. The Labute approximate surface area is 82.3 Å². The van der Waals surface area contributed by atoms with Gasteiger partial charge in [0.1, 0.15) is 6.26 Å². The molecule has 0 bridgehead atoms. The second-order valence-electron chi connectivity index (χ2n) is 3.67. The molecule has 13 heavy (non-hydrogen) atoms. The van der Waals surface area contributed by atoms with Crippen molar-refractivity contribution in [1.82, 2.24) is 0 Å². The lowest BCUT2D eigenvalue weighted by atomic mass is 9.92. The van der Waals surface area contributed by atoms with Crippen molar-refractivity contribution in [1.29, 1.82) is 0 Å². The number of hydrogen-bond donors (Lipinski definition) is 0. The first-order valence-corrected chi connectivity index (χ1v) is 4.89. The van der Waals surface area contributed by atoms with Crippen molar-refractivity contribution in [2.75, 3.05) is 0 Å². The van der Waals surface area contributed by atoms with Crippen molar-refractivity contribution >= 4 is 18.3 Å². The first-order valence-electron chi connectivity index (χ1n) is 4.15. The van der Waals surface area contributed by atoms with Gasteiger partial charge in [-0.25, -0.2) is 0 Å². The van der Waals surface area contributed by atoms with E-state index < -0.39 is 0 Å². The molecule has 0 N–H and O–H groups in total. The zero-order valence-electron chi connectivity index (χ0n) is 7.65. The Morgan fingerprint density at radius 3 is 3.15 bits per heavy atom. The van der Waals surface area contributed by atoms with Crippen molar-refractivity contribution in [2.45, 2.75) is 13.8 Å². The van der Waals surface area contributed by atoms with Crippen LogP contribution in [0.1, 0.15) is 13.8 Å². The van der Waals surface area contributed by atoms with Crippen LogP contribution < -0.4 is 0 Å². The molecule has 2 rings (SSSR count). The SMILES string of the molecule is CC1(C)C=NC=C2SOC=CC2=C1. The van der Waals surface area contributed by atoms with E-state index in [0.717, 1.165) is 4.91 Å². The fourth-order valence-corrected chi connectivity index (χ4v) is 1.80. The highest BCUT2D eigenvalue weighted by Gasteiger charge is 2.18. The van der Waals surface area contributed by atoms with E-state index in [1.165, 1.54) is 17.6 Å². The lowest BCUT2D eigenvalue weighted by molar-refractivity contribution is 0.565. The maximum Gasteiger partial charge on any atom is 0.102 e. The lowest BCUT2D eigenvalue weighted by Gasteiger charge is -2.15. The monoisotopic (exact) mass is 193 g/mol. The second-order valence-corrected chi connectivity index (χ2v) is 4.47. The van der Waals surface area contributed by atoms with Gasteiger partial charge in [0.05, 0.1) is 16.9 Å². The van der Waals surface area contributed by atoms with Crippen LogP contribution in [-0.2, 0) is 4.18 Å². The molecule has 3 heteroatoms. The molecule has 68 valence electrons. The van der Waals surface area contributed by atoms with Gasteiger partial charge in [-0.15, -0.1) is 0 Å². The minimum absolute atomic E-state index is 0.0236. The number of fused-ring (bicyclic) bond motifs is 1. The van der Waals surface area contributed by atoms with E-state index in [2.05, 4.69) is 24.9 Å². The zero-order chi connectivity index (χ0) is 9.31. The molecule has 0 fully saturated rings. The highest BCUT2D eigenvalue weighted by atomic mass is 32.2. The molecular weight excluding hydrogens is 182 g/mol. The normalized spacial score (nSPS) is 23.8. The second kappa shape index (κ2) is 3.07. The van der Waals surface area contributed by atoms with Crippen molar-refractivity contribution in [2.24, 2.45) is 10.4 Å². The molecule has 0 spiro atoms. The third kappa shape index (κ3) is 1.86. The number of aliphatic imine (C=N–C) groups is 1. The molecule has 0 aromatic heterocycles. The summed E-state index contributed by atoms with van der Waals surface area (Å²) in [6.07, 6.45) is 9.66. The van der Waals surface area contributed by atoms with E-state index in [1.807, 2.05) is 18.5 Å². The average Bonchev–Trinajstić information content (AvgIpc) is 2.21. The van der Waals surface area contributed by atoms with E-state index in [-0.39, 0.29) is 5.41 Å². The van der Waals surface area contributed by atoms with Crippen LogP contribution in [0.4, 0.5) is 0 Å². The summed E-state index contributed by atoms with van der Waals surface area (Å²) in [5.74, 6) is 0. The van der Waals surface area contributed by atoms with Crippen molar-refractivity contribution in [3.8, 4) is 0 Å². The van der Waals surface area contributed by atoms with Crippen LogP contribution in [0.3, 0.4) is 0 Å². The molecule has 0 amide bonds. The summed E-state index contributed by atoms with van der Waals surface area (Å²) >= 11 is 1.35. The molecule has 0 unspecified atom stereocenters. The van der Waals surface area contributed by atoms with Crippen LogP contribution in [0.2, 0.25) is 0 Å². The molecular formula is C10H11NOS. The van der Waals surface area contributed by atoms with Crippen LogP contribution in [0, 0.1) is 5.41 Å². The zero-order valence-corrected chi connectivity index (χ0v) is 8.47. The molecule has 0 atom stereocenters. The Morgan fingerprint density at radius 1 is 1.46 bits per heavy atom. The standard InChI is InChI=1S/C10H11NOS/c1-10(2)5-8-3-4-12-13-9(8)6-11-7-10/h3-7H,1-2H3.